The summed E-state index contributed by atoms with van der Waals surface area (Å²) >= 11 is 0. The van der Waals surface area contributed by atoms with Gasteiger partial charge in [0, 0.05) is 6.61 Å². The molecule has 2 heteroatoms. The van der Waals surface area contributed by atoms with Crippen LogP contribution in [0.2, 0.25) is 0 Å². The van der Waals surface area contributed by atoms with Crippen LogP contribution in [0.25, 0.3) is 11.1 Å². The van der Waals surface area contributed by atoms with Crippen molar-refractivity contribution in [1.82, 2.24) is 0 Å². The minimum atomic E-state index is -0.179. The van der Waals surface area contributed by atoms with E-state index >= 15 is 0 Å². The van der Waals surface area contributed by atoms with Gasteiger partial charge in [-0.2, -0.15) is 0 Å². The SMILES string of the molecule is CCO[C@@H]1CC[C@@H]2CC(c3ccc(-c4ccc(F)cc4)cc3)CCC2C1. The van der Waals surface area contributed by atoms with Crippen LogP contribution in [0.5, 0.6) is 0 Å². The molecular formula is C24H29FO. The van der Waals surface area contributed by atoms with Crippen molar-refractivity contribution >= 4 is 0 Å². The molecule has 26 heavy (non-hydrogen) atoms. The normalized spacial score (nSPS) is 28.5. The van der Waals surface area contributed by atoms with E-state index in [2.05, 4.69) is 31.2 Å². The maximum atomic E-state index is 13.1. The van der Waals surface area contributed by atoms with Crippen molar-refractivity contribution in [3.05, 3.63) is 59.9 Å². The first-order valence-electron chi connectivity index (χ1n) is 10.2. The van der Waals surface area contributed by atoms with E-state index in [1.54, 1.807) is 0 Å². The molecule has 2 unspecified atom stereocenters. The second-order valence-electron chi connectivity index (χ2n) is 8.05. The Labute approximate surface area is 156 Å². The number of ether oxygens (including phenoxy) is 1. The van der Waals surface area contributed by atoms with E-state index in [0.29, 0.717) is 12.0 Å². The van der Waals surface area contributed by atoms with Crippen LogP contribution in [0, 0.1) is 17.7 Å². The molecule has 0 radical (unpaired) electrons. The molecule has 2 saturated carbocycles. The van der Waals surface area contributed by atoms with Crippen LogP contribution in [-0.4, -0.2) is 12.7 Å². The number of hydrogen-bond acceptors (Lipinski definition) is 1. The molecule has 138 valence electrons. The van der Waals surface area contributed by atoms with Crippen LogP contribution in [0.4, 0.5) is 4.39 Å². The standard InChI is InChI=1S/C24H29FO/c1-2-26-24-14-11-21-15-20(7-8-22(21)16-24)19-5-3-17(4-6-19)18-9-12-23(25)13-10-18/h3-6,9-10,12-13,20-22,24H,2,7-8,11,14-16H2,1H3/t20?,21-,22?,24-/m1/s1. The largest absolute Gasteiger partial charge is 0.378 e. The lowest BCUT2D eigenvalue weighted by Gasteiger charge is -2.42. The van der Waals surface area contributed by atoms with E-state index in [9.17, 15) is 4.39 Å². The number of rotatable bonds is 4. The summed E-state index contributed by atoms with van der Waals surface area (Å²) in [4.78, 5) is 0. The summed E-state index contributed by atoms with van der Waals surface area (Å²) in [5, 5.41) is 0. The van der Waals surface area contributed by atoms with Crippen LogP contribution in [0.3, 0.4) is 0 Å². The van der Waals surface area contributed by atoms with Gasteiger partial charge >= 0.3 is 0 Å². The Hall–Kier alpha value is -1.67. The summed E-state index contributed by atoms with van der Waals surface area (Å²) in [5.74, 6) is 2.26. The van der Waals surface area contributed by atoms with Gasteiger partial charge in [0.05, 0.1) is 6.10 Å². The molecule has 0 spiro atoms. The number of halogens is 1. The Kier molecular flexibility index (Phi) is 5.40. The first-order chi connectivity index (χ1) is 12.7. The van der Waals surface area contributed by atoms with Gasteiger partial charge in [0.25, 0.3) is 0 Å². The van der Waals surface area contributed by atoms with Crippen LogP contribution in [0.1, 0.15) is 56.9 Å². The van der Waals surface area contributed by atoms with Crippen molar-refractivity contribution in [3.8, 4) is 11.1 Å². The highest BCUT2D eigenvalue weighted by Crippen LogP contribution is 2.46. The Bertz CT molecular complexity index is 706. The fourth-order valence-corrected chi connectivity index (χ4v) is 5.13. The molecule has 2 aromatic rings. The highest BCUT2D eigenvalue weighted by atomic mass is 19.1. The second kappa shape index (κ2) is 7.92. The monoisotopic (exact) mass is 352 g/mol. The molecule has 0 aromatic heterocycles. The molecule has 0 heterocycles. The summed E-state index contributed by atoms with van der Waals surface area (Å²) in [6.45, 7) is 2.96. The molecular weight excluding hydrogens is 323 g/mol. The topological polar surface area (TPSA) is 9.23 Å². The molecule has 2 aromatic carbocycles. The molecule has 0 amide bonds. The third kappa shape index (κ3) is 3.86. The molecule has 0 N–H and O–H groups in total. The van der Waals surface area contributed by atoms with E-state index in [1.165, 1.54) is 61.8 Å². The third-order valence-electron chi connectivity index (χ3n) is 6.53. The van der Waals surface area contributed by atoms with E-state index in [-0.39, 0.29) is 5.82 Å². The molecule has 4 atom stereocenters. The van der Waals surface area contributed by atoms with Crippen molar-refractivity contribution in [3.63, 3.8) is 0 Å². The van der Waals surface area contributed by atoms with E-state index in [0.717, 1.165) is 24.0 Å². The predicted molar refractivity (Wildman–Crippen MR) is 105 cm³/mol. The molecule has 2 fully saturated rings. The van der Waals surface area contributed by atoms with Crippen molar-refractivity contribution in [2.24, 2.45) is 11.8 Å². The molecule has 2 aliphatic carbocycles. The average Bonchev–Trinajstić information content (AvgIpc) is 2.69. The molecule has 1 nitrogen and oxygen atoms in total. The molecule has 0 bridgehead atoms. The Balaban J connectivity index is 1.40. The van der Waals surface area contributed by atoms with Crippen molar-refractivity contribution < 1.29 is 9.13 Å². The zero-order valence-electron chi connectivity index (χ0n) is 15.7. The highest BCUT2D eigenvalue weighted by molar-refractivity contribution is 5.63. The van der Waals surface area contributed by atoms with Crippen LogP contribution >= 0.6 is 0 Å². The van der Waals surface area contributed by atoms with Gasteiger partial charge in [-0.25, -0.2) is 4.39 Å². The molecule has 2 aliphatic rings. The second-order valence-corrected chi connectivity index (χ2v) is 8.05. The summed E-state index contributed by atoms with van der Waals surface area (Å²) in [7, 11) is 0. The first kappa shape index (κ1) is 17.7. The van der Waals surface area contributed by atoms with Crippen molar-refractivity contribution in [2.45, 2.75) is 57.5 Å². The highest BCUT2D eigenvalue weighted by Gasteiger charge is 2.36. The summed E-state index contributed by atoms with van der Waals surface area (Å²) in [5.41, 5.74) is 3.72. The minimum Gasteiger partial charge on any atom is -0.378 e. The smallest absolute Gasteiger partial charge is 0.123 e. The van der Waals surface area contributed by atoms with E-state index in [4.69, 9.17) is 4.74 Å². The summed E-state index contributed by atoms with van der Waals surface area (Å²) < 4.78 is 19.0. The van der Waals surface area contributed by atoms with Gasteiger partial charge in [0.1, 0.15) is 5.82 Å². The van der Waals surface area contributed by atoms with Gasteiger partial charge in [-0.05, 0) is 92.0 Å². The average molecular weight is 352 g/mol. The zero-order valence-corrected chi connectivity index (χ0v) is 15.7. The van der Waals surface area contributed by atoms with Gasteiger partial charge in [0.2, 0.25) is 0 Å². The lowest BCUT2D eigenvalue weighted by Crippen LogP contribution is -2.33. The maximum Gasteiger partial charge on any atom is 0.123 e. The van der Waals surface area contributed by atoms with Crippen LogP contribution in [0.15, 0.2) is 48.5 Å². The lowest BCUT2D eigenvalue weighted by atomic mass is 9.65. The van der Waals surface area contributed by atoms with Crippen molar-refractivity contribution in [1.29, 1.82) is 0 Å². The summed E-state index contributed by atoms with van der Waals surface area (Å²) in [6, 6.07) is 15.7. The maximum absolute atomic E-state index is 13.1. The lowest BCUT2D eigenvalue weighted by molar-refractivity contribution is -0.00955. The van der Waals surface area contributed by atoms with E-state index < -0.39 is 0 Å². The fraction of sp³-hybridized carbons (Fsp3) is 0.500. The molecule has 4 rings (SSSR count). The van der Waals surface area contributed by atoms with Gasteiger partial charge in [-0.15, -0.1) is 0 Å². The first-order valence-corrected chi connectivity index (χ1v) is 10.2. The number of fused-ring (bicyclic) bond motifs is 1. The number of benzene rings is 2. The third-order valence-corrected chi connectivity index (χ3v) is 6.53. The quantitative estimate of drug-likeness (QED) is 0.604. The zero-order chi connectivity index (χ0) is 17.9. The van der Waals surface area contributed by atoms with Gasteiger partial charge in [-0.3, -0.25) is 0 Å². The molecule has 0 aliphatic heterocycles. The van der Waals surface area contributed by atoms with Crippen LogP contribution < -0.4 is 0 Å². The fourth-order valence-electron chi connectivity index (χ4n) is 5.13. The van der Waals surface area contributed by atoms with E-state index in [1.807, 2.05) is 12.1 Å². The molecule has 0 saturated heterocycles. The Morgan fingerprint density at radius 3 is 2.12 bits per heavy atom. The minimum absolute atomic E-state index is 0.179. The number of hydrogen-bond donors (Lipinski definition) is 0. The van der Waals surface area contributed by atoms with Crippen molar-refractivity contribution in [2.75, 3.05) is 6.61 Å². The van der Waals surface area contributed by atoms with Gasteiger partial charge in [0.15, 0.2) is 0 Å². The van der Waals surface area contributed by atoms with Gasteiger partial charge < -0.3 is 4.74 Å². The van der Waals surface area contributed by atoms with Gasteiger partial charge in [-0.1, -0.05) is 36.4 Å². The Morgan fingerprint density at radius 2 is 1.42 bits per heavy atom. The summed E-state index contributed by atoms with van der Waals surface area (Å²) in [6.07, 6.45) is 8.33. The van der Waals surface area contributed by atoms with Crippen LogP contribution in [-0.2, 0) is 4.74 Å². The predicted octanol–water partition coefficient (Wildman–Crippen LogP) is 6.58. The Morgan fingerprint density at radius 1 is 0.808 bits per heavy atom.